The Morgan fingerprint density at radius 1 is 0.605 bits per heavy atom. The van der Waals surface area contributed by atoms with Gasteiger partial charge in [-0.25, -0.2) is 0 Å². The molecule has 0 saturated heterocycles. The quantitative estimate of drug-likeness (QED) is 0.156. The smallest absolute Gasteiger partial charge is 0.343 e. The highest BCUT2D eigenvalue weighted by atomic mass is 16.5. The Morgan fingerprint density at radius 2 is 1.33 bits per heavy atom. The number of fused-ring (bicyclic) bond motifs is 12. The summed E-state index contributed by atoms with van der Waals surface area (Å²) in [7, 11) is 0. The van der Waals surface area contributed by atoms with Gasteiger partial charge in [0.2, 0.25) is 5.52 Å². The highest BCUT2D eigenvalue weighted by Gasteiger charge is 2.67. The van der Waals surface area contributed by atoms with Gasteiger partial charge in [0, 0.05) is 28.4 Å². The summed E-state index contributed by atoms with van der Waals surface area (Å²) < 4.78 is 23.0. The molecule has 0 fully saturated rings. The molecule has 0 radical (unpaired) electrons. The van der Waals surface area contributed by atoms with E-state index in [9.17, 15) is 0 Å². The van der Waals surface area contributed by atoms with Gasteiger partial charge in [-0.1, -0.05) is 30.3 Å². The van der Waals surface area contributed by atoms with Crippen molar-refractivity contribution >= 4 is 77.0 Å². The molecule has 0 bridgehead atoms. The van der Waals surface area contributed by atoms with Crippen molar-refractivity contribution in [3.63, 3.8) is 0 Å². The first-order valence-electron chi connectivity index (χ1n) is 14.6. The number of furan rings is 1. The summed E-state index contributed by atoms with van der Waals surface area (Å²) in [5, 5.41) is 5.97. The predicted octanol–water partition coefficient (Wildman–Crippen LogP) is 6.70. The van der Waals surface area contributed by atoms with Crippen LogP contribution in [0.25, 0.3) is 77.0 Å². The lowest BCUT2D eigenvalue weighted by molar-refractivity contribution is -0.923. The maximum absolute atomic E-state index is 6.89. The van der Waals surface area contributed by atoms with Crippen molar-refractivity contribution in [2.45, 2.75) is 5.66 Å². The number of ether oxygens (including phenoxy) is 1. The summed E-state index contributed by atoms with van der Waals surface area (Å²) in [4.78, 5) is 4.93. The second kappa shape index (κ2) is 5.98. The predicted molar refractivity (Wildman–Crippen MR) is 162 cm³/mol. The van der Waals surface area contributed by atoms with Crippen molar-refractivity contribution in [3.05, 3.63) is 115 Å². The largest absolute Gasteiger partial charge is 0.456 e. The first-order chi connectivity index (χ1) is 21.4. The fourth-order valence-corrected chi connectivity index (χ4v) is 9.07. The molecule has 7 nitrogen and oxygen atoms in total. The summed E-state index contributed by atoms with van der Waals surface area (Å²) in [5.41, 5.74) is 11.3. The maximum Gasteiger partial charge on any atom is 0.343 e. The first-order valence-corrected chi connectivity index (χ1v) is 14.6. The van der Waals surface area contributed by atoms with Crippen molar-refractivity contribution in [1.82, 2.24) is 13.8 Å². The van der Waals surface area contributed by atoms with E-state index in [1.807, 2.05) is 18.5 Å². The van der Waals surface area contributed by atoms with Gasteiger partial charge in [-0.05, 0) is 54.6 Å². The van der Waals surface area contributed by atoms with E-state index in [-0.39, 0.29) is 0 Å². The zero-order chi connectivity index (χ0) is 27.3. The molecule has 0 saturated carbocycles. The van der Waals surface area contributed by atoms with Crippen molar-refractivity contribution in [2.75, 3.05) is 0 Å². The van der Waals surface area contributed by atoms with Crippen LogP contribution in [0.2, 0.25) is 0 Å². The molecular formula is C36H17N5O2+2. The minimum atomic E-state index is -0.730. The van der Waals surface area contributed by atoms with Crippen molar-refractivity contribution in [3.8, 4) is 11.5 Å². The van der Waals surface area contributed by atoms with E-state index in [4.69, 9.17) is 14.1 Å². The molecule has 1 spiro atoms. The number of pyridine rings is 3. The second-order valence-corrected chi connectivity index (χ2v) is 12.0. The standard InChI is InChI=1S/C36H17N5O2/c1-2-7-21-18(6-1)19-11-13-26-30-28(19)33-38(21)22-8-3-4-9-23(22)40(33)36(30)31-27(43-26)14-12-20-29(31)34-39(24-10-5-16-37-32(20)24)35-25(41(34)36)15-17-42-35/h1-17H/q+2. The number of hydrogen-bond donors (Lipinski definition) is 0. The third kappa shape index (κ3) is 1.74. The normalized spacial score (nSPS) is 17.6. The van der Waals surface area contributed by atoms with Crippen LogP contribution in [-0.2, 0) is 5.66 Å². The maximum atomic E-state index is 6.89. The third-order valence-electron chi connectivity index (χ3n) is 10.3. The van der Waals surface area contributed by atoms with Gasteiger partial charge in [0.25, 0.3) is 0 Å². The van der Waals surface area contributed by atoms with E-state index >= 15 is 0 Å². The zero-order valence-electron chi connectivity index (χ0n) is 22.4. The van der Waals surface area contributed by atoms with E-state index in [2.05, 4.69) is 103 Å². The number of para-hydroxylation sites is 3. The van der Waals surface area contributed by atoms with Gasteiger partial charge in [-0.3, -0.25) is 4.98 Å². The molecule has 0 N–H and O–H groups in total. The molecule has 6 aromatic heterocycles. The van der Waals surface area contributed by atoms with Crippen molar-refractivity contribution < 1.29 is 18.3 Å². The van der Waals surface area contributed by atoms with Crippen LogP contribution >= 0.6 is 0 Å². The topological polar surface area (TPSA) is 51.8 Å². The Labute approximate surface area is 240 Å². The van der Waals surface area contributed by atoms with E-state index < -0.39 is 5.66 Å². The summed E-state index contributed by atoms with van der Waals surface area (Å²) in [5.74, 6) is 1.77. The Balaban J connectivity index is 1.45. The van der Waals surface area contributed by atoms with E-state index in [0.717, 1.165) is 55.7 Å². The fraction of sp³-hybridized carbons (Fsp3) is 0.0278. The Kier molecular flexibility index (Phi) is 2.78. The Bertz CT molecular complexity index is 3050. The second-order valence-electron chi connectivity index (χ2n) is 12.0. The van der Waals surface area contributed by atoms with Crippen LogP contribution in [0, 0.1) is 0 Å². The number of benzene rings is 4. The van der Waals surface area contributed by atoms with Crippen LogP contribution in [0.5, 0.6) is 11.5 Å². The lowest BCUT2D eigenvalue weighted by Crippen LogP contribution is -2.71. The first kappa shape index (κ1) is 20.0. The minimum Gasteiger partial charge on any atom is -0.456 e. The molecule has 4 aromatic carbocycles. The lowest BCUT2D eigenvalue weighted by Gasteiger charge is -2.30. The van der Waals surface area contributed by atoms with Gasteiger partial charge in [0.15, 0.2) is 16.6 Å². The highest BCUT2D eigenvalue weighted by Crippen LogP contribution is 2.58. The highest BCUT2D eigenvalue weighted by molar-refractivity contribution is 6.18. The molecule has 196 valence electrons. The zero-order valence-corrected chi connectivity index (χ0v) is 22.4. The average molecular weight is 552 g/mol. The summed E-state index contributed by atoms with van der Waals surface area (Å²) in [6.45, 7) is 0. The van der Waals surface area contributed by atoms with Crippen LogP contribution < -0.4 is 13.9 Å². The van der Waals surface area contributed by atoms with E-state index in [1.54, 1.807) is 0 Å². The van der Waals surface area contributed by atoms with Crippen molar-refractivity contribution in [2.24, 2.45) is 0 Å². The van der Waals surface area contributed by atoms with Gasteiger partial charge in [-0.15, -0.1) is 0 Å². The third-order valence-corrected chi connectivity index (χ3v) is 10.3. The molecule has 3 aliphatic rings. The number of hydrogen-bond acceptors (Lipinski definition) is 3. The van der Waals surface area contributed by atoms with Gasteiger partial charge in [-0.2, -0.15) is 17.9 Å². The Morgan fingerprint density at radius 3 is 2.23 bits per heavy atom. The molecule has 7 heteroatoms. The van der Waals surface area contributed by atoms with Crippen LogP contribution in [0.1, 0.15) is 11.1 Å². The Hall–Kier alpha value is -5.95. The molecule has 0 aliphatic carbocycles. The molecule has 9 heterocycles. The lowest BCUT2D eigenvalue weighted by atomic mass is 9.85. The van der Waals surface area contributed by atoms with Gasteiger partial charge in [0.1, 0.15) is 33.7 Å². The number of nitrogens with zero attached hydrogens (tertiary/aromatic N) is 5. The van der Waals surface area contributed by atoms with Crippen molar-refractivity contribution in [1.29, 1.82) is 0 Å². The van der Waals surface area contributed by atoms with Crippen LogP contribution in [0.3, 0.4) is 0 Å². The molecule has 1 atom stereocenters. The van der Waals surface area contributed by atoms with Gasteiger partial charge < -0.3 is 9.15 Å². The molecule has 13 rings (SSSR count). The van der Waals surface area contributed by atoms with E-state index in [1.165, 1.54) is 43.9 Å². The van der Waals surface area contributed by atoms with Crippen LogP contribution in [-0.4, -0.2) is 13.8 Å². The molecule has 3 aliphatic heterocycles. The molecule has 10 aromatic rings. The average Bonchev–Trinajstić information content (AvgIpc) is 3.84. The van der Waals surface area contributed by atoms with Gasteiger partial charge in [0.05, 0.1) is 17.0 Å². The summed E-state index contributed by atoms with van der Waals surface area (Å²) in [6.07, 6.45) is 3.69. The summed E-state index contributed by atoms with van der Waals surface area (Å²) >= 11 is 0. The van der Waals surface area contributed by atoms with E-state index in [0.29, 0.717) is 0 Å². The monoisotopic (exact) mass is 551 g/mol. The van der Waals surface area contributed by atoms with Crippen LogP contribution in [0.15, 0.2) is 108 Å². The number of imidazole rings is 2. The molecule has 0 amide bonds. The number of aromatic nitrogens is 5. The fourth-order valence-electron chi connectivity index (χ4n) is 9.07. The molecule has 1 unspecified atom stereocenters. The van der Waals surface area contributed by atoms with Crippen LogP contribution in [0.4, 0.5) is 0 Å². The minimum absolute atomic E-state index is 0.730. The SMILES string of the molecule is c1ccc2c(c1)c1ccc3c4c1c1n2c2ccccc2[n+]1C41c2c(ccc4c5ncccc5n5c6occc6[n+]1c5c24)O3. The summed E-state index contributed by atoms with van der Waals surface area (Å²) in [6, 6.07) is 32.6. The molecular weight excluding hydrogens is 534 g/mol. The van der Waals surface area contributed by atoms with Gasteiger partial charge >= 0.3 is 22.7 Å². The molecule has 43 heavy (non-hydrogen) atoms. The number of rotatable bonds is 0.